The first kappa shape index (κ1) is 32.2. The summed E-state index contributed by atoms with van der Waals surface area (Å²) in [5.74, 6) is 0.108. The lowest BCUT2D eigenvalue weighted by atomic mass is 10.0. The highest BCUT2D eigenvalue weighted by Crippen LogP contribution is 2.40. The predicted molar refractivity (Wildman–Crippen MR) is 173 cm³/mol. The number of ketones is 1. The number of alkyl halides is 2. The minimum absolute atomic E-state index is 0.0945. The Labute approximate surface area is 270 Å². The van der Waals surface area contributed by atoms with E-state index >= 15 is 0 Å². The molecular formula is C34H33F3N4O5S. The van der Waals surface area contributed by atoms with Crippen LogP contribution >= 0.6 is 0 Å². The number of nitrogens with zero attached hydrogens (tertiary/aromatic N) is 3. The Morgan fingerprint density at radius 2 is 1.81 bits per heavy atom. The smallest absolute Gasteiger partial charge is 0.272 e. The fraction of sp³-hybridized carbons (Fsp3) is 0.294. The lowest BCUT2D eigenvalue weighted by Crippen LogP contribution is -2.39. The summed E-state index contributed by atoms with van der Waals surface area (Å²) in [6, 6.07) is 14.7. The van der Waals surface area contributed by atoms with E-state index in [2.05, 4.69) is 5.10 Å². The second kappa shape index (κ2) is 12.8. The van der Waals surface area contributed by atoms with Gasteiger partial charge in [0.15, 0.2) is 17.3 Å². The second-order valence-corrected chi connectivity index (χ2v) is 14.1. The van der Waals surface area contributed by atoms with Gasteiger partial charge in [0, 0.05) is 31.3 Å². The van der Waals surface area contributed by atoms with Crippen molar-refractivity contribution in [3.05, 3.63) is 94.4 Å². The van der Waals surface area contributed by atoms with Crippen LogP contribution in [0.25, 0.3) is 11.8 Å². The first-order chi connectivity index (χ1) is 22.4. The Morgan fingerprint density at radius 1 is 1.06 bits per heavy atom. The Bertz CT molecular complexity index is 1990. The number of halogens is 3. The highest BCUT2D eigenvalue weighted by atomic mass is 32.2. The number of allylic oxidation sites excluding steroid dienone is 1. The Balaban J connectivity index is 1.22. The van der Waals surface area contributed by atoms with Gasteiger partial charge in [0.2, 0.25) is 0 Å². The van der Waals surface area contributed by atoms with E-state index in [-0.39, 0.29) is 35.1 Å². The topological polar surface area (TPSA) is 117 Å². The van der Waals surface area contributed by atoms with E-state index in [0.717, 1.165) is 5.56 Å². The van der Waals surface area contributed by atoms with E-state index in [1.54, 1.807) is 49.4 Å². The average Bonchev–Trinajstić information content (AvgIpc) is 3.64. The number of nitrogens with two attached hydrogens (primary N) is 1. The first-order valence-electron chi connectivity index (χ1n) is 15.0. The van der Waals surface area contributed by atoms with Crippen LogP contribution < -0.4 is 20.1 Å². The van der Waals surface area contributed by atoms with Crippen molar-refractivity contribution in [1.82, 2.24) is 9.78 Å². The number of aryl methyl sites for hydroxylation is 1. The lowest BCUT2D eigenvalue weighted by Gasteiger charge is -2.34. The fourth-order valence-corrected chi connectivity index (χ4v) is 7.05. The van der Waals surface area contributed by atoms with Crippen molar-refractivity contribution in [2.24, 2.45) is 0 Å². The van der Waals surface area contributed by atoms with E-state index < -0.39 is 33.9 Å². The Morgan fingerprint density at radius 3 is 2.49 bits per heavy atom. The molecule has 0 spiro atoms. The van der Waals surface area contributed by atoms with Crippen LogP contribution in [0.4, 0.5) is 24.7 Å². The van der Waals surface area contributed by atoms with Crippen LogP contribution in [0.3, 0.4) is 0 Å². The van der Waals surface area contributed by atoms with Crippen LogP contribution in [0.2, 0.25) is 0 Å². The third kappa shape index (κ3) is 6.71. The average molecular weight is 667 g/mol. The maximum Gasteiger partial charge on any atom is 0.272 e. The molecule has 1 aliphatic carbocycles. The number of benzene rings is 3. The molecule has 1 aromatic heterocycles. The number of ether oxygens (including phenoxy) is 2. The molecule has 3 aromatic carbocycles. The maximum absolute atomic E-state index is 14.1. The number of nitrogen functional groups attached to an aromatic ring is 1. The summed E-state index contributed by atoms with van der Waals surface area (Å²) in [5.41, 5.74) is 10.4. The van der Waals surface area contributed by atoms with Crippen molar-refractivity contribution in [3.8, 4) is 22.9 Å². The molecular weight excluding hydrogens is 633 g/mol. The number of para-hydroxylation sites is 1. The SMILES string of the molecule is Cc1cc(-n2ncc(C(=O)C3=Cc4cc(OCC(F)F)c(N5CCC(S(C)(=O)=O)CC5)cc4C3)c2N)ccc1Oc1ccccc1F. The molecule has 0 amide bonds. The molecule has 0 radical (unpaired) electrons. The van der Waals surface area contributed by atoms with Crippen molar-refractivity contribution < 1.29 is 35.9 Å². The molecule has 2 heterocycles. The van der Waals surface area contributed by atoms with Gasteiger partial charge in [-0.15, -0.1) is 0 Å². The van der Waals surface area contributed by atoms with E-state index in [4.69, 9.17) is 15.2 Å². The van der Waals surface area contributed by atoms with Gasteiger partial charge in [0.1, 0.15) is 33.8 Å². The van der Waals surface area contributed by atoms with Gasteiger partial charge < -0.3 is 20.1 Å². The zero-order valence-corrected chi connectivity index (χ0v) is 26.6. The van der Waals surface area contributed by atoms with Crippen LogP contribution in [0.5, 0.6) is 17.2 Å². The van der Waals surface area contributed by atoms with Crippen LogP contribution in [-0.4, -0.2) is 61.6 Å². The van der Waals surface area contributed by atoms with Gasteiger partial charge in [-0.25, -0.2) is 26.3 Å². The molecule has 4 aromatic rings. The normalized spacial score (nSPS) is 15.1. The first-order valence-corrected chi connectivity index (χ1v) is 17.0. The number of rotatable bonds is 10. The summed E-state index contributed by atoms with van der Waals surface area (Å²) in [7, 11) is -3.19. The van der Waals surface area contributed by atoms with Gasteiger partial charge >= 0.3 is 0 Å². The van der Waals surface area contributed by atoms with E-state index in [0.29, 0.717) is 59.8 Å². The van der Waals surface area contributed by atoms with Crippen molar-refractivity contribution in [2.75, 3.05) is 36.6 Å². The largest absolute Gasteiger partial charge is 0.485 e. The highest BCUT2D eigenvalue weighted by Gasteiger charge is 2.30. The van der Waals surface area contributed by atoms with Crippen molar-refractivity contribution >= 4 is 33.2 Å². The fourth-order valence-electron chi connectivity index (χ4n) is 5.98. The minimum atomic E-state index is -3.19. The van der Waals surface area contributed by atoms with Gasteiger partial charge in [-0.2, -0.15) is 5.10 Å². The zero-order valence-electron chi connectivity index (χ0n) is 25.8. The predicted octanol–water partition coefficient (Wildman–Crippen LogP) is 6.17. The molecule has 1 saturated heterocycles. The molecule has 1 aliphatic heterocycles. The Hall–Kier alpha value is -4.78. The molecule has 0 unspecified atom stereocenters. The van der Waals surface area contributed by atoms with Crippen LogP contribution in [-0.2, 0) is 16.3 Å². The summed E-state index contributed by atoms with van der Waals surface area (Å²) in [6.45, 7) is 1.85. The summed E-state index contributed by atoms with van der Waals surface area (Å²) in [4.78, 5) is 15.6. The number of Topliss-reactive ketones (excluding diaryl/α,β-unsaturated/α-hetero) is 1. The summed E-state index contributed by atoms with van der Waals surface area (Å²) in [5, 5.41) is 3.90. The number of anilines is 2. The number of hydrogen-bond acceptors (Lipinski definition) is 8. The van der Waals surface area contributed by atoms with E-state index in [9.17, 15) is 26.4 Å². The lowest BCUT2D eigenvalue weighted by molar-refractivity contribution is 0.0820. The van der Waals surface area contributed by atoms with Crippen molar-refractivity contribution in [3.63, 3.8) is 0 Å². The number of fused-ring (bicyclic) bond motifs is 1. The van der Waals surface area contributed by atoms with Gasteiger partial charge in [0.25, 0.3) is 6.43 Å². The molecule has 0 atom stereocenters. The minimum Gasteiger partial charge on any atom is -0.485 e. The number of carbonyl (C=O) groups excluding carboxylic acids is 1. The van der Waals surface area contributed by atoms with Crippen LogP contribution in [0.15, 0.2) is 66.4 Å². The molecule has 47 heavy (non-hydrogen) atoms. The standard InChI is InChI=1S/C34H33F3N4O5S/c1-20-13-24(7-8-29(20)46-30-6-4-3-5-27(30)35)41-34(38)26(18-39-41)33(42)23-14-21-16-28(31(17-22(21)15-23)45-19-32(36)37)40-11-9-25(10-12-40)47(2,43)44/h3-8,13,15-18,25,32H,9-12,14,19,38H2,1-2H3. The van der Waals surface area contributed by atoms with Crippen LogP contribution in [0, 0.1) is 12.7 Å². The summed E-state index contributed by atoms with van der Waals surface area (Å²) < 4.78 is 77.1. The summed E-state index contributed by atoms with van der Waals surface area (Å²) >= 11 is 0. The van der Waals surface area contributed by atoms with E-state index in [1.807, 2.05) is 11.0 Å². The number of aromatic nitrogens is 2. The van der Waals surface area contributed by atoms with Gasteiger partial charge in [-0.05, 0) is 85.0 Å². The second-order valence-electron chi connectivity index (χ2n) is 11.7. The molecule has 9 nitrogen and oxygen atoms in total. The zero-order chi connectivity index (χ0) is 33.5. The molecule has 0 saturated carbocycles. The molecule has 246 valence electrons. The quantitative estimate of drug-likeness (QED) is 0.200. The van der Waals surface area contributed by atoms with Crippen molar-refractivity contribution in [1.29, 1.82) is 0 Å². The number of carbonyl (C=O) groups is 1. The Kier molecular flexibility index (Phi) is 8.75. The van der Waals surface area contributed by atoms with Crippen molar-refractivity contribution in [2.45, 2.75) is 37.9 Å². The summed E-state index contributed by atoms with van der Waals surface area (Å²) in [6.07, 6.45) is 2.74. The van der Waals surface area contributed by atoms with Crippen LogP contribution in [0.1, 0.15) is 39.9 Å². The molecule has 13 heteroatoms. The molecule has 1 fully saturated rings. The molecule has 2 N–H and O–H groups in total. The number of sulfone groups is 1. The third-order valence-electron chi connectivity index (χ3n) is 8.49. The van der Waals surface area contributed by atoms with E-state index in [1.165, 1.54) is 29.3 Å². The maximum atomic E-state index is 14.1. The molecule has 6 rings (SSSR count). The monoisotopic (exact) mass is 666 g/mol. The van der Waals surface area contributed by atoms with Gasteiger partial charge in [-0.3, -0.25) is 4.79 Å². The van der Waals surface area contributed by atoms with Gasteiger partial charge in [-0.1, -0.05) is 12.1 Å². The molecule has 0 bridgehead atoms. The number of piperidine rings is 1. The third-order valence-corrected chi connectivity index (χ3v) is 10.2. The number of hydrogen-bond donors (Lipinski definition) is 1. The van der Waals surface area contributed by atoms with Gasteiger partial charge in [0.05, 0.1) is 28.4 Å². The molecule has 2 aliphatic rings. The highest BCUT2D eigenvalue weighted by molar-refractivity contribution is 7.91.